The first-order chi connectivity index (χ1) is 35.0. The summed E-state index contributed by atoms with van der Waals surface area (Å²) in [5.74, 6) is 0. The number of anilines is 3. The van der Waals surface area contributed by atoms with Gasteiger partial charge in [-0.2, -0.15) is 0 Å². The van der Waals surface area contributed by atoms with Crippen LogP contribution in [-0.4, -0.2) is 0 Å². The van der Waals surface area contributed by atoms with Crippen molar-refractivity contribution in [2.75, 3.05) is 4.90 Å². The molecule has 11 aromatic rings. The summed E-state index contributed by atoms with van der Waals surface area (Å²) in [5.41, 5.74) is 25.2. The maximum Gasteiger partial charge on any atom is 0.0713 e. The van der Waals surface area contributed by atoms with Crippen LogP contribution in [0.25, 0.3) is 66.8 Å². The summed E-state index contributed by atoms with van der Waals surface area (Å²) in [6.45, 7) is 4.72. The number of nitrogens with zero attached hydrogens (tertiary/aromatic N) is 1. The quantitative estimate of drug-likeness (QED) is 0.139. The fourth-order valence-electron chi connectivity index (χ4n) is 12.1. The van der Waals surface area contributed by atoms with Crippen molar-refractivity contribution in [2.24, 2.45) is 0 Å². The van der Waals surface area contributed by atoms with E-state index in [2.05, 4.69) is 292 Å². The van der Waals surface area contributed by atoms with Gasteiger partial charge in [-0.3, -0.25) is 0 Å². The van der Waals surface area contributed by atoms with Crippen molar-refractivity contribution in [3.63, 3.8) is 0 Å². The van der Waals surface area contributed by atoms with E-state index in [-0.39, 0.29) is 5.41 Å². The van der Waals surface area contributed by atoms with Gasteiger partial charge in [0, 0.05) is 22.4 Å². The van der Waals surface area contributed by atoms with Crippen molar-refractivity contribution in [3.8, 4) is 66.8 Å². The highest BCUT2D eigenvalue weighted by Crippen LogP contribution is 2.57. The summed E-state index contributed by atoms with van der Waals surface area (Å²) in [6.07, 6.45) is 0. The Bertz CT molecular complexity index is 3710. The third kappa shape index (κ3) is 6.84. The van der Waals surface area contributed by atoms with Gasteiger partial charge < -0.3 is 4.90 Å². The highest BCUT2D eigenvalue weighted by Gasteiger charge is 2.46. The Labute approximate surface area is 417 Å². The topological polar surface area (TPSA) is 3.24 Å². The van der Waals surface area contributed by atoms with Gasteiger partial charge in [0.25, 0.3) is 0 Å². The van der Waals surface area contributed by atoms with E-state index in [4.69, 9.17) is 0 Å². The molecule has 0 amide bonds. The lowest BCUT2D eigenvalue weighted by molar-refractivity contribution is 0.660. The molecule has 0 heterocycles. The summed E-state index contributed by atoms with van der Waals surface area (Å²) in [6, 6.07) is 101. The largest absolute Gasteiger partial charge is 0.310 e. The Balaban J connectivity index is 1.04. The van der Waals surface area contributed by atoms with Gasteiger partial charge in [-0.25, -0.2) is 0 Å². The summed E-state index contributed by atoms with van der Waals surface area (Å²) < 4.78 is 0. The normalized spacial score (nSPS) is 13.4. The van der Waals surface area contributed by atoms with Gasteiger partial charge >= 0.3 is 0 Å². The predicted octanol–water partition coefficient (Wildman–Crippen LogP) is 18.5. The van der Waals surface area contributed by atoms with Crippen LogP contribution in [0.5, 0.6) is 0 Å². The van der Waals surface area contributed by atoms with Crippen molar-refractivity contribution in [2.45, 2.75) is 24.7 Å². The van der Waals surface area contributed by atoms with Crippen LogP contribution in [-0.2, 0) is 10.8 Å². The molecular weight excluding hydrogens is 855 g/mol. The molecule has 0 N–H and O–H groups in total. The van der Waals surface area contributed by atoms with E-state index in [1.165, 1.54) is 94.6 Å². The van der Waals surface area contributed by atoms with Crippen LogP contribution >= 0.6 is 0 Å². The molecule has 1 heteroatoms. The smallest absolute Gasteiger partial charge is 0.0713 e. The maximum atomic E-state index is 2.48. The van der Waals surface area contributed by atoms with Crippen LogP contribution in [0.4, 0.5) is 17.1 Å². The third-order valence-electron chi connectivity index (χ3n) is 15.4. The molecule has 0 atom stereocenters. The Morgan fingerprint density at radius 3 is 1.32 bits per heavy atom. The SMILES string of the molecule is CC1(C)c2ccccc2-c2cc(-c3cccc(N(c4ccc(-c5ccccc5)cc4)c4ccc(C5(c6ccccc6)c6ccccc6-c6ccccc65)cc4)c3-c3cccc(-c4ccccc4)c3)ccc21. The fraction of sp³-hybridized carbons (Fsp3) is 0.0571. The molecule has 0 saturated heterocycles. The van der Waals surface area contributed by atoms with E-state index >= 15 is 0 Å². The minimum Gasteiger partial charge on any atom is -0.310 e. The van der Waals surface area contributed by atoms with E-state index < -0.39 is 5.41 Å². The number of hydrogen-bond donors (Lipinski definition) is 0. The first-order valence-corrected chi connectivity index (χ1v) is 24.8. The summed E-state index contributed by atoms with van der Waals surface area (Å²) in [4.78, 5) is 2.48. The molecule has 0 unspecified atom stereocenters. The Hall–Kier alpha value is -8.78. The van der Waals surface area contributed by atoms with E-state index in [1.54, 1.807) is 0 Å². The van der Waals surface area contributed by atoms with Crippen LogP contribution in [0.15, 0.2) is 273 Å². The van der Waals surface area contributed by atoms with Crippen molar-refractivity contribution in [3.05, 3.63) is 306 Å². The second-order valence-electron chi connectivity index (χ2n) is 19.6. The average Bonchev–Trinajstić information content (AvgIpc) is 3.87. The minimum absolute atomic E-state index is 0.0875. The van der Waals surface area contributed by atoms with Crippen LogP contribution in [0.2, 0.25) is 0 Å². The number of fused-ring (bicyclic) bond motifs is 6. The van der Waals surface area contributed by atoms with Crippen molar-refractivity contribution >= 4 is 17.1 Å². The highest BCUT2D eigenvalue weighted by molar-refractivity contribution is 5.99. The van der Waals surface area contributed by atoms with E-state index in [1.807, 2.05) is 0 Å². The molecule has 0 saturated carbocycles. The van der Waals surface area contributed by atoms with Gasteiger partial charge in [-0.15, -0.1) is 0 Å². The molecule has 0 spiro atoms. The van der Waals surface area contributed by atoms with Crippen LogP contribution in [0.1, 0.15) is 47.2 Å². The minimum atomic E-state index is -0.501. The highest BCUT2D eigenvalue weighted by atomic mass is 15.1. The molecular formula is C70H51N. The lowest BCUT2D eigenvalue weighted by Crippen LogP contribution is -2.28. The Morgan fingerprint density at radius 1 is 0.268 bits per heavy atom. The fourth-order valence-corrected chi connectivity index (χ4v) is 12.1. The van der Waals surface area contributed by atoms with E-state index in [0.717, 1.165) is 22.6 Å². The van der Waals surface area contributed by atoms with Crippen molar-refractivity contribution in [1.82, 2.24) is 0 Å². The molecule has 2 aliphatic rings. The second-order valence-corrected chi connectivity index (χ2v) is 19.6. The number of hydrogen-bond acceptors (Lipinski definition) is 1. The van der Waals surface area contributed by atoms with Gasteiger partial charge in [0.2, 0.25) is 0 Å². The summed E-state index contributed by atoms with van der Waals surface area (Å²) in [7, 11) is 0. The summed E-state index contributed by atoms with van der Waals surface area (Å²) >= 11 is 0. The predicted molar refractivity (Wildman–Crippen MR) is 298 cm³/mol. The lowest BCUT2D eigenvalue weighted by Gasteiger charge is -2.35. The molecule has 13 rings (SSSR count). The Kier molecular flexibility index (Phi) is 10.1. The molecule has 11 aromatic carbocycles. The Morgan fingerprint density at radius 2 is 0.690 bits per heavy atom. The third-order valence-corrected chi connectivity index (χ3v) is 15.4. The maximum absolute atomic E-state index is 2.48. The van der Waals surface area contributed by atoms with Crippen LogP contribution < -0.4 is 4.90 Å². The molecule has 0 fully saturated rings. The van der Waals surface area contributed by atoms with Gasteiger partial charge in [-0.05, 0) is 137 Å². The second kappa shape index (κ2) is 17.0. The van der Waals surface area contributed by atoms with Crippen LogP contribution in [0.3, 0.4) is 0 Å². The standard InChI is InChI=1S/C70H51N/c1-69(2)63-32-15-12-30-61(63)62-47-52(38-45-64(62)69)58-31-19-35-67(68(58)53-25-18-24-51(46-53)49-22-8-4-9-23-49)71(56-41-36-50(37-42-56)48-20-6-3-7-21-48)57-43-39-55(40-44-57)70(54-26-10-5-11-27-54)65-33-16-13-28-59(65)60-29-14-17-34-66(60)70/h3-47H,1-2H3. The van der Waals surface area contributed by atoms with Crippen molar-refractivity contribution in [1.29, 1.82) is 0 Å². The van der Waals surface area contributed by atoms with Gasteiger partial charge in [0.15, 0.2) is 0 Å². The van der Waals surface area contributed by atoms with E-state index in [0.29, 0.717) is 0 Å². The lowest BCUT2D eigenvalue weighted by atomic mass is 9.68. The molecule has 1 nitrogen and oxygen atoms in total. The molecule has 0 aliphatic heterocycles. The van der Waals surface area contributed by atoms with Gasteiger partial charge in [0.1, 0.15) is 0 Å². The first-order valence-electron chi connectivity index (χ1n) is 24.8. The number of benzene rings is 11. The first kappa shape index (κ1) is 42.3. The zero-order valence-corrected chi connectivity index (χ0v) is 39.9. The molecule has 336 valence electrons. The van der Waals surface area contributed by atoms with Crippen molar-refractivity contribution < 1.29 is 0 Å². The molecule has 2 aliphatic carbocycles. The number of rotatable bonds is 9. The van der Waals surface area contributed by atoms with Gasteiger partial charge in [0.05, 0.1) is 11.1 Å². The van der Waals surface area contributed by atoms with Gasteiger partial charge in [-0.1, -0.05) is 244 Å². The monoisotopic (exact) mass is 905 g/mol. The molecule has 71 heavy (non-hydrogen) atoms. The molecule has 0 aromatic heterocycles. The zero-order valence-electron chi connectivity index (χ0n) is 39.9. The zero-order chi connectivity index (χ0) is 47.5. The van der Waals surface area contributed by atoms with Crippen LogP contribution in [0, 0.1) is 0 Å². The summed E-state index contributed by atoms with van der Waals surface area (Å²) in [5, 5.41) is 0. The average molecular weight is 906 g/mol. The van der Waals surface area contributed by atoms with E-state index in [9.17, 15) is 0 Å². The molecule has 0 bridgehead atoms. The molecule has 0 radical (unpaired) electrons.